The van der Waals surface area contributed by atoms with Gasteiger partial charge in [0.25, 0.3) is 5.91 Å². The second kappa shape index (κ2) is 4.82. The van der Waals surface area contributed by atoms with Crippen LogP contribution in [0.1, 0.15) is 26.2 Å². The molecule has 3 nitrogen and oxygen atoms in total. The third-order valence-corrected chi connectivity index (χ3v) is 2.56. The molecule has 4 heteroatoms. The van der Waals surface area contributed by atoms with Crippen molar-refractivity contribution in [2.45, 2.75) is 31.8 Å². The molecular weight excluding hydrogens is 190 g/mol. The van der Waals surface area contributed by atoms with Crippen LogP contribution in [0, 0.1) is 0 Å². The van der Waals surface area contributed by atoms with E-state index in [4.69, 9.17) is 16.3 Å². The third kappa shape index (κ3) is 2.85. The highest BCUT2D eigenvalue weighted by molar-refractivity contribution is 6.17. The Kier molecular flexibility index (Phi) is 4.00. The molecule has 1 fully saturated rings. The van der Waals surface area contributed by atoms with Crippen molar-refractivity contribution in [2.24, 2.45) is 0 Å². The van der Waals surface area contributed by atoms with Gasteiger partial charge in [-0.3, -0.25) is 4.79 Å². The topological polar surface area (TPSA) is 38.3 Å². The number of rotatable bonds is 4. The van der Waals surface area contributed by atoms with E-state index in [2.05, 4.69) is 5.32 Å². The molecule has 1 heterocycles. The van der Waals surface area contributed by atoms with Gasteiger partial charge in [-0.1, -0.05) is 0 Å². The van der Waals surface area contributed by atoms with E-state index in [1.165, 1.54) is 0 Å². The van der Waals surface area contributed by atoms with Gasteiger partial charge in [-0.15, -0.1) is 11.6 Å². The largest absolute Gasteiger partial charge is 0.365 e. The first-order valence-corrected chi connectivity index (χ1v) is 5.21. The highest BCUT2D eigenvalue weighted by Crippen LogP contribution is 2.24. The van der Waals surface area contributed by atoms with Crippen LogP contribution in [-0.2, 0) is 9.53 Å². The van der Waals surface area contributed by atoms with Crippen molar-refractivity contribution in [3.8, 4) is 0 Å². The molecule has 1 saturated heterocycles. The zero-order valence-corrected chi connectivity index (χ0v) is 8.69. The smallest absolute Gasteiger partial charge is 0.251 e. The van der Waals surface area contributed by atoms with Crippen molar-refractivity contribution in [1.82, 2.24) is 5.32 Å². The van der Waals surface area contributed by atoms with Gasteiger partial charge in [-0.2, -0.15) is 0 Å². The molecule has 0 aromatic rings. The summed E-state index contributed by atoms with van der Waals surface area (Å²) in [6.45, 7) is 3.18. The summed E-state index contributed by atoms with van der Waals surface area (Å²) in [5.41, 5.74) is -0.591. The van der Waals surface area contributed by atoms with Gasteiger partial charge in [-0.25, -0.2) is 0 Å². The average Bonchev–Trinajstić information content (AvgIpc) is 2.54. The molecule has 1 aliphatic rings. The molecule has 0 aromatic heterocycles. The maximum Gasteiger partial charge on any atom is 0.251 e. The lowest BCUT2D eigenvalue weighted by atomic mass is 10.0. The lowest BCUT2D eigenvalue weighted by Crippen LogP contribution is -2.44. The SMILES string of the molecule is CC1(C(=O)NCCCCl)CCCO1. The number of carbonyl (C=O) groups is 1. The molecule has 1 amide bonds. The van der Waals surface area contributed by atoms with E-state index in [-0.39, 0.29) is 5.91 Å². The molecule has 76 valence electrons. The Bertz CT molecular complexity index is 178. The van der Waals surface area contributed by atoms with Crippen LogP contribution in [0.15, 0.2) is 0 Å². The number of ether oxygens (including phenoxy) is 1. The summed E-state index contributed by atoms with van der Waals surface area (Å²) in [6.07, 6.45) is 2.60. The Labute approximate surface area is 83.8 Å². The quantitative estimate of drug-likeness (QED) is 0.555. The van der Waals surface area contributed by atoms with Crippen LogP contribution < -0.4 is 5.32 Å². The Morgan fingerprint density at radius 3 is 3.00 bits per heavy atom. The second-order valence-electron chi connectivity index (χ2n) is 3.48. The van der Waals surface area contributed by atoms with Crippen LogP contribution in [0.2, 0.25) is 0 Å². The Morgan fingerprint density at radius 2 is 2.46 bits per heavy atom. The van der Waals surface area contributed by atoms with Gasteiger partial charge in [0.1, 0.15) is 5.60 Å². The van der Waals surface area contributed by atoms with Crippen LogP contribution in [0.25, 0.3) is 0 Å². The summed E-state index contributed by atoms with van der Waals surface area (Å²) in [6, 6.07) is 0. The van der Waals surface area contributed by atoms with Gasteiger partial charge in [0.2, 0.25) is 0 Å². The van der Waals surface area contributed by atoms with Gasteiger partial charge in [0.15, 0.2) is 0 Å². The molecule has 1 N–H and O–H groups in total. The van der Waals surface area contributed by atoms with Crippen LogP contribution in [0.5, 0.6) is 0 Å². The number of hydrogen-bond acceptors (Lipinski definition) is 2. The first kappa shape index (κ1) is 10.8. The maximum atomic E-state index is 11.6. The molecule has 0 radical (unpaired) electrons. The van der Waals surface area contributed by atoms with Crippen LogP contribution in [0.3, 0.4) is 0 Å². The summed E-state index contributed by atoms with van der Waals surface area (Å²) in [5.74, 6) is 0.577. The first-order chi connectivity index (χ1) is 6.19. The van der Waals surface area contributed by atoms with E-state index in [1.807, 2.05) is 6.92 Å². The normalized spacial score (nSPS) is 27.5. The molecule has 13 heavy (non-hydrogen) atoms. The summed E-state index contributed by atoms with van der Waals surface area (Å²) in [7, 11) is 0. The van der Waals surface area contributed by atoms with Crippen molar-refractivity contribution < 1.29 is 9.53 Å². The fourth-order valence-electron chi connectivity index (χ4n) is 1.41. The van der Waals surface area contributed by atoms with Gasteiger partial charge < -0.3 is 10.1 Å². The predicted molar refractivity (Wildman–Crippen MR) is 51.9 cm³/mol. The number of carbonyl (C=O) groups excluding carboxylic acids is 1. The zero-order valence-electron chi connectivity index (χ0n) is 7.94. The summed E-state index contributed by atoms with van der Waals surface area (Å²) < 4.78 is 5.39. The monoisotopic (exact) mass is 205 g/mol. The van der Waals surface area contributed by atoms with Gasteiger partial charge in [0.05, 0.1) is 0 Å². The van der Waals surface area contributed by atoms with Gasteiger partial charge in [0, 0.05) is 19.0 Å². The number of halogens is 1. The first-order valence-electron chi connectivity index (χ1n) is 4.67. The fourth-order valence-corrected chi connectivity index (χ4v) is 1.55. The lowest BCUT2D eigenvalue weighted by Gasteiger charge is -2.21. The molecule has 0 aliphatic carbocycles. The van der Waals surface area contributed by atoms with E-state index < -0.39 is 5.60 Å². The standard InChI is InChI=1S/C9H16ClNO2/c1-9(4-2-7-13-9)8(12)11-6-3-5-10/h2-7H2,1H3,(H,11,12). The highest BCUT2D eigenvalue weighted by atomic mass is 35.5. The van der Waals surface area contributed by atoms with E-state index in [9.17, 15) is 4.79 Å². The average molecular weight is 206 g/mol. The van der Waals surface area contributed by atoms with Crippen LogP contribution in [0.4, 0.5) is 0 Å². The number of nitrogens with one attached hydrogen (secondary N) is 1. The fraction of sp³-hybridized carbons (Fsp3) is 0.889. The molecule has 1 aliphatic heterocycles. The Balaban J connectivity index is 2.29. The highest BCUT2D eigenvalue weighted by Gasteiger charge is 2.37. The van der Waals surface area contributed by atoms with E-state index in [0.29, 0.717) is 19.0 Å². The number of hydrogen-bond donors (Lipinski definition) is 1. The van der Waals surface area contributed by atoms with Crippen molar-refractivity contribution in [3.05, 3.63) is 0 Å². The van der Waals surface area contributed by atoms with Crippen molar-refractivity contribution in [1.29, 1.82) is 0 Å². The maximum absolute atomic E-state index is 11.6. The van der Waals surface area contributed by atoms with Crippen molar-refractivity contribution in [2.75, 3.05) is 19.0 Å². The molecule has 0 spiro atoms. The summed E-state index contributed by atoms with van der Waals surface area (Å²) >= 11 is 5.50. The Hall–Kier alpha value is -0.280. The van der Waals surface area contributed by atoms with Crippen molar-refractivity contribution in [3.63, 3.8) is 0 Å². The second-order valence-corrected chi connectivity index (χ2v) is 3.86. The minimum absolute atomic E-state index is 0.00452. The van der Waals surface area contributed by atoms with Gasteiger partial charge in [-0.05, 0) is 26.2 Å². The Morgan fingerprint density at radius 1 is 1.69 bits per heavy atom. The van der Waals surface area contributed by atoms with Gasteiger partial charge >= 0.3 is 0 Å². The lowest BCUT2D eigenvalue weighted by molar-refractivity contribution is -0.139. The van der Waals surface area contributed by atoms with E-state index >= 15 is 0 Å². The molecule has 0 aromatic carbocycles. The number of alkyl halides is 1. The van der Waals surface area contributed by atoms with E-state index in [1.54, 1.807) is 0 Å². The molecule has 1 unspecified atom stereocenters. The molecule has 1 atom stereocenters. The minimum atomic E-state index is -0.591. The molecular formula is C9H16ClNO2. The van der Waals surface area contributed by atoms with E-state index in [0.717, 1.165) is 19.3 Å². The summed E-state index contributed by atoms with van der Waals surface area (Å²) in [4.78, 5) is 11.6. The van der Waals surface area contributed by atoms with Crippen molar-refractivity contribution >= 4 is 17.5 Å². The summed E-state index contributed by atoms with van der Waals surface area (Å²) in [5, 5.41) is 2.82. The third-order valence-electron chi connectivity index (χ3n) is 2.30. The molecule has 0 bridgehead atoms. The number of amides is 1. The van der Waals surface area contributed by atoms with Crippen LogP contribution in [-0.4, -0.2) is 30.5 Å². The zero-order chi connectivity index (χ0) is 9.73. The van der Waals surface area contributed by atoms with Crippen LogP contribution >= 0.6 is 11.6 Å². The minimum Gasteiger partial charge on any atom is -0.365 e. The molecule has 0 saturated carbocycles. The molecule has 1 rings (SSSR count). The predicted octanol–water partition coefficient (Wildman–Crippen LogP) is 1.30.